The molecule has 23 heavy (non-hydrogen) atoms. The molecule has 0 radical (unpaired) electrons. The second-order valence-electron chi connectivity index (χ2n) is 5.38. The van der Waals surface area contributed by atoms with E-state index in [0.717, 1.165) is 0 Å². The standard InChI is InChI=1S/C15H15ClN4O2S/c1-10(2)14-17-15-13(7-4-8-20(15)18-14)19-23(21,22)12-6-3-5-11(16)9-12/h3-10,19H,1-2H3. The van der Waals surface area contributed by atoms with Gasteiger partial charge in [0, 0.05) is 17.1 Å². The van der Waals surface area contributed by atoms with Gasteiger partial charge in [-0.1, -0.05) is 31.5 Å². The second kappa shape index (κ2) is 5.82. The van der Waals surface area contributed by atoms with Crippen LogP contribution in [-0.4, -0.2) is 23.0 Å². The molecule has 0 aliphatic rings. The third-order valence-corrected chi connectivity index (χ3v) is 4.84. The molecule has 1 aromatic carbocycles. The van der Waals surface area contributed by atoms with Crippen LogP contribution in [0.4, 0.5) is 5.69 Å². The summed E-state index contributed by atoms with van der Waals surface area (Å²) < 4.78 is 29.1. The smallest absolute Gasteiger partial charge is 0.262 e. The molecular weight excluding hydrogens is 336 g/mol. The maximum absolute atomic E-state index is 12.5. The average molecular weight is 351 g/mol. The Kier molecular flexibility index (Phi) is 3.99. The summed E-state index contributed by atoms with van der Waals surface area (Å²) in [5, 5.41) is 4.70. The van der Waals surface area contributed by atoms with Crippen molar-refractivity contribution in [3.63, 3.8) is 0 Å². The molecule has 0 saturated heterocycles. The highest BCUT2D eigenvalue weighted by molar-refractivity contribution is 7.92. The molecule has 0 saturated carbocycles. The van der Waals surface area contributed by atoms with E-state index in [9.17, 15) is 8.42 Å². The first-order valence-corrected chi connectivity index (χ1v) is 8.86. The molecule has 1 N–H and O–H groups in total. The number of anilines is 1. The number of aromatic nitrogens is 3. The Balaban J connectivity index is 2.04. The van der Waals surface area contributed by atoms with Crippen LogP contribution in [0.25, 0.3) is 5.65 Å². The van der Waals surface area contributed by atoms with E-state index in [0.29, 0.717) is 22.2 Å². The van der Waals surface area contributed by atoms with Gasteiger partial charge in [0.2, 0.25) is 0 Å². The lowest BCUT2D eigenvalue weighted by Crippen LogP contribution is -2.13. The second-order valence-corrected chi connectivity index (χ2v) is 7.50. The van der Waals surface area contributed by atoms with Crippen LogP contribution in [-0.2, 0) is 10.0 Å². The SMILES string of the molecule is CC(C)c1nc2c(NS(=O)(=O)c3cccc(Cl)c3)cccn2n1. The van der Waals surface area contributed by atoms with E-state index in [-0.39, 0.29) is 10.8 Å². The number of fused-ring (bicyclic) bond motifs is 1. The number of nitrogens with zero attached hydrogens (tertiary/aromatic N) is 3. The average Bonchev–Trinajstić information content (AvgIpc) is 2.92. The molecule has 8 heteroatoms. The number of sulfonamides is 1. The molecule has 0 bridgehead atoms. The fraction of sp³-hybridized carbons (Fsp3) is 0.200. The summed E-state index contributed by atoms with van der Waals surface area (Å²) >= 11 is 5.87. The van der Waals surface area contributed by atoms with Gasteiger partial charge in [-0.2, -0.15) is 5.10 Å². The van der Waals surface area contributed by atoms with E-state index in [4.69, 9.17) is 11.6 Å². The van der Waals surface area contributed by atoms with Crippen LogP contribution < -0.4 is 4.72 Å². The molecule has 0 spiro atoms. The van der Waals surface area contributed by atoms with Crippen molar-refractivity contribution in [2.75, 3.05) is 4.72 Å². The number of pyridine rings is 1. The van der Waals surface area contributed by atoms with Gasteiger partial charge in [-0.25, -0.2) is 17.9 Å². The lowest BCUT2D eigenvalue weighted by molar-refractivity contribution is 0.601. The van der Waals surface area contributed by atoms with Crippen molar-refractivity contribution in [1.29, 1.82) is 0 Å². The monoisotopic (exact) mass is 350 g/mol. The van der Waals surface area contributed by atoms with E-state index < -0.39 is 10.0 Å². The van der Waals surface area contributed by atoms with E-state index >= 15 is 0 Å². The fourth-order valence-electron chi connectivity index (χ4n) is 2.08. The van der Waals surface area contributed by atoms with Gasteiger partial charge in [0.15, 0.2) is 11.5 Å². The van der Waals surface area contributed by atoms with Gasteiger partial charge in [-0.3, -0.25) is 4.72 Å². The van der Waals surface area contributed by atoms with Crippen molar-refractivity contribution in [2.45, 2.75) is 24.7 Å². The quantitative estimate of drug-likeness (QED) is 0.783. The molecule has 120 valence electrons. The summed E-state index contributed by atoms with van der Waals surface area (Å²) in [4.78, 5) is 4.50. The highest BCUT2D eigenvalue weighted by Crippen LogP contribution is 2.22. The van der Waals surface area contributed by atoms with Crippen LogP contribution in [0.3, 0.4) is 0 Å². The number of nitrogens with one attached hydrogen (secondary N) is 1. The van der Waals surface area contributed by atoms with Gasteiger partial charge in [0.1, 0.15) is 0 Å². The summed E-state index contributed by atoms with van der Waals surface area (Å²) in [6.45, 7) is 3.95. The van der Waals surface area contributed by atoms with Crippen molar-refractivity contribution >= 4 is 33.0 Å². The number of hydrogen-bond acceptors (Lipinski definition) is 4. The van der Waals surface area contributed by atoms with Crippen molar-refractivity contribution in [1.82, 2.24) is 14.6 Å². The van der Waals surface area contributed by atoms with E-state index in [1.54, 1.807) is 35.0 Å². The van der Waals surface area contributed by atoms with Gasteiger partial charge in [0.05, 0.1) is 10.6 Å². The van der Waals surface area contributed by atoms with Gasteiger partial charge in [0.25, 0.3) is 10.0 Å². The van der Waals surface area contributed by atoms with E-state index in [2.05, 4.69) is 14.8 Å². The van der Waals surface area contributed by atoms with Crippen LogP contribution >= 0.6 is 11.6 Å². The number of benzene rings is 1. The third kappa shape index (κ3) is 3.16. The van der Waals surface area contributed by atoms with Gasteiger partial charge in [-0.05, 0) is 30.3 Å². The highest BCUT2D eigenvalue weighted by Gasteiger charge is 2.18. The molecule has 0 unspecified atom stereocenters. The zero-order valence-corrected chi connectivity index (χ0v) is 14.1. The molecular formula is C15H15ClN4O2S. The van der Waals surface area contributed by atoms with E-state index in [1.165, 1.54) is 12.1 Å². The largest absolute Gasteiger partial charge is 0.276 e. The lowest BCUT2D eigenvalue weighted by Gasteiger charge is -2.08. The summed E-state index contributed by atoms with van der Waals surface area (Å²) in [6, 6.07) is 9.45. The van der Waals surface area contributed by atoms with Crippen LogP contribution in [0.2, 0.25) is 5.02 Å². The first-order valence-electron chi connectivity index (χ1n) is 7.00. The summed E-state index contributed by atoms with van der Waals surface area (Å²) in [7, 11) is -3.75. The Morgan fingerprint density at radius 1 is 1.22 bits per heavy atom. The normalized spacial score (nSPS) is 12.0. The summed E-state index contributed by atoms with van der Waals surface area (Å²) in [5.41, 5.74) is 0.827. The minimum absolute atomic E-state index is 0.0931. The van der Waals surface area contributed by atoms with Crippen molar-refractivity contribution in [2.24, 2.45) is 0 Å². The van der Waals surface area contributed by atoms with Crippen molar-refractivity contribution in [3.8, 4) is 0 Å². The molecule has 3 rings (SSSR count). The fourth-order valence-corrected chi connectivity index (χ4v) is 3.45. The molecule has 2 aromatic heterocycles. The van der Waals surface area contributed by atoms with Crippen LogP contribution in [0.15, 0.2) is 47.5 Å². The number of rotatable bonds is 4. The molecule has 3 aromatic rings. The van der Waals surface area contributed by atoms with Crippen LogP contribution in [0.1, 0.15) is 25.6 Å². The number of halogens is 1. The Morgan fingerprint density at radius 3 is 2.70 bits per heavy atom. The van der Waals surface area contributed by atoms with Crippen molar-refractivity contribution < 1.29 is 8.42 Å². The minimum atomic E-state index is -3.75. The minimum Gasteiger partial charge on any atom is -0.276 e. The topological polar surface area (TPSA) is 76.4 Å². The predicted octanol–water partition coefficient (Wildman–Crippen LogP) is 3.31. The Morgan fingerprint density at radius 2 is 2.00 bits per heavy atom. The zero-order valence-electron chi connectivity index (χ0n) is 12.6. The summed E-state index contributed by atoms with van der Waals surface area (Å²) in [6.07, 6.45) is 1.73. The number of hydrogen-bond donors (Lipinski definition) is 1. The van der Waals surface area contributed by atoms with Crippen LogP contribution in [0.5, 0.6) is 0 Å². The van der Waals surface area contributed by atoms with E-state index in [1.807, 2.05) is 13.8 Å². The highest BCUT2D eigenvalue weighted by atomic mass is 35.5. The molecule has 0 amide bonds. The van der Waals surface area contributed by atoms with Crippen molar-refractivity contribution in [3.05, 3.63) is 53.4 Å². The predicted molar refractivity (Wildman–Crippen MR) is 89.3 cm³/mol. The summed E-state index contributed by atoms with van der Waals surface area (Å²) in [5.74, 6) is 0.798. The Hall–Kier alpha value is -2.12. The van der Waals surface area contributed by atoms with Gasteiger partial charge >= 0.3 is 0 Å². The molecule has 0 atom stereocenters. The lowest BCUT2D eigenvalue weighted by atomic mass is 10.2. The maximum Gasteiger partial charge on any atom is 0.262 e. The molecule has 6 nitrogen and oxygen atoms in total. The third-order valence-electron chi connectivity index (χ3n) is 3.25. The molecule has 0 aliphatic carbocycles. The molecule has 0 fully saturated rings. The van der Waals surface area contributed by atoms with Crippen LogP contribution in [0, 0.1) is 0 Å². The zero-order chi connectivity index (χ0) is 16.6. The molecule has 2 heterocycles. The Labute approximate surface area is 139 Å². The molecule has 0 aliphatic heterocycles. The van der Waals surface area contributed by atoms with Gasteiger partial charge < -0.3 is 0 Å². The first kappa shape index (κ1) is 15.8. The van der Waals surface area contributed by atoms with Gasteiger partial charge in [-0.15, -0.1) is 0 Å². The Bertz CT molecular complexity index is 967. The first-order chi connectivity index (χ1) is 10.9. The maximum atomic E-state index is 12.5.